The largest absolute Gasteiger partial charge is 0.396 e. The Labute approximate surface area is 133 Å². The van der Waals surface area contributed by atoms with Gasteiger partial charge in [0.15, 0.2) is 0 Å². The Kier molecular flexibility index (Phi) is 18.9. The second kappa shape index (κ2) is 19.4. The summed E-state index contributed by atoms with van der Waals surface area (Å²) < 4.78 is 0. The summed E-state index contributed by atoms with van der Waals surface area (Å²) in [4.78, 5) is 0. The van der Waals surface area contributed by atoms with Crippen LogP contribution >= 0.6 is 0 Å². The van der Waals surface area contributed by atoms with Gasteiger partial charge in [-0.15, -0.1) is 6.58 Å². The van der Waals surface area contributed by atoms with Gasteiger partial charge in [-0.3, -0.25) is 0 Å². The first kappa shape index (κ1) is 20.4. The zero-order valence-corrected chi connectivity index (χ0v) is 14.2. The van der Waals surface area contributed by atoms with Crippen molar-refractivity contribution in [3.05, 3.63) is 24.8 Å². The van der Waals surface area contributed by atoms with E-state index in [1.165, 1.54) is 89.9 Å². The zero-order valence-electron chi connectivity index (χ0n) is 14.2. The molecule has 0 atom stereocenters. The van der Waals surface area contributed by atoms with Gasteiger partial charge in [-0.1, -0.05) is 69.6 Å². The minimum atomic E-state index is 0.362. The van der Waals surface area contributed by atoms with E-state index >= 15 is 0 Å². The fourth-order valence-corrected chi connectivity index (χ4v) is 2.57. The Balaban J connectivity index is 3.03. The maximum absolute atomic E-state index is 8.68. The highest BCUT2D eigenvalue weighted by atomic mass is 16.2. The van der Waals surface area contributed by atoms with Gasteiger partial charge in [-0.25, -0.2) is 0 Å². The van der Waals surface area contributed by atoms with E-state index in [4.69, 9.17) is 5.11 Å². The predicted octanol–water partition coefficient (Wildman–Crippen LogP) is 6.57. The molecule has 0 radical (unpaired) electrons. The predicted molar refractivity (Wildman–Crippen MR) is 95.7 cm³/mol. The summed E-state index contributed by atoms with van der Waals surface area (Å²) in [5, 5.41) is 8.68. The van der Waals surface area contributed by atoms with Crippen molar-refractivity contribution < 1.29 is 5.11 Å². The Hall–Kier alpha value is -0.560. The molecule has 0 saturated heterocycles. The molecule has 0 spiro atoms. The van der Waals surface area contributed by atoms with Crippen LogP contribution in [-0.2, 0) is 0 Å². The van der Waals surface area contributed by atoms with E-state index < -0.39 is 0 Å². The zero-order chi connectivity index (χ0) is 15.4. The van der Waals surface area contributed by atoms with E-state index in [2.05, 4.69) is 18.7 Å². The fraction of sp³-hybridized carbons (Fsp3) is 0.800. The normalized spacial score (nSPS) is 11.3. The third-order valence-corrected chi connectivity index (χ3v) is 3.97. The number of aliphatic hydroxyl groups is 1. The molecule has 0 heterocycles. The highest BCUT2D eigenvalue weighted by molar-refractivity contribution is 4.81. The Morgan fingerprint density at radius 2 is 0.905 bits per heavy atom. The van der Waals surface area contributed by atoms with Crippen molar-refractivity contribution in [3.63, 3.8) is 0 Å². The van der Waals surface area contributed by atoms with Crippen molar-refractivity contribution in [2.24, 2.45) is 0 Å². The van der Waals surface area contributed by atoms with Crippen LogP contribution in [0.5, 0.6) is 0 Å². The van der Waals surface area contributed by atoms with Crippen LogP contribution in [0.3, 0.4) is 0 Å². The molecule has 1 nitrogen and oxygen atoms in total. The van der Waals surface area contributed by atoms with E-state index in [0.29, 0.717) is 6.61 Å². The van der Waals surface area contributed by atoms with E-state index in [9.17, 15) is 0 Å². The second-order valence-corrected chi connectivity index (χ2v) is 6.09. The van der Waals surface area contributed by atoms with Crippen LogP contribution < -0.4 is 0 Å². The quantitative estimate of drug-likeness (QED) is 0.237. The molecule has 0 bridgehead atoms. The van der Waals surface area contributed by atoms with E-state index in [1.54, 1.807) is 0 Å². The Morgan fingerprint density at radius 3 is 1.33 bits per heavy atom. The van der Waals surface area contributed by atoms with E-state index in [0.717, 1.165) is 6.42 Å². The molecule has 0 aliphatic carbocycles. The van der Waals surface area contributed by atoms with Crippen LogP contribution in [0.25, 0.3) is 0 Å². The molecule has 0 aromatic heterocycles. The maximum atomic E-state index is 8.68. The third-order valence-electron chi connectivity index (χ3n) is 3.97. The molecule has 0 aliphatic rings. The van der Waals surface area contributed by atoms with Crippen molar-refractivity contribution >= 4 is 0 Å². The Bertz CT molecular complexity index is 220. The van der Waals surface area contributed by atoms with Gasteiger partial charge in [0.2, 0.25) is 0 Å². The molecule has 1 N–H and O–H groups in total. The van der Waals surface area contributed by atoms with Crippen LogP contribution in [0.1, 0.15) is 96.3 Å². The second-order valence-electron chi connectivity index (χ2n) is 6.09. The van der Waals surface area contributed by atoms with Crippen molar-refractivity contribution in [2.75, 3.05) is 6.61 Å². The topological polar surface area (TPSA) is 20.2 Å². The van der Waals surface area contributed by atoms with Gasteiger partial charge < -0.3 is 5.11 Å². The van der Waals surface area contributed by atoms with E-state index in [1.807, 2.05) is 6.08 Å². The summed E-state index contributed by atoms with van der Waals surface area (Å²) in [5.74, 6) is 0. The first-order valence-electron chi connectivity index (χ1n) is 9.28. The van der Waals surface area contributed by atoms with Gasteiger partial charge in [0.05, 0.1) is 0 Å². The SMILES string of the molecule is C=CCCCCCCC=CCCCCCCCCCCO. The molecule has 0 rings (SSSR count). The molecular formula is C20H38O. The minimum Gasteiger partial charge on any atom is -0.396 e. The van der Waals surface area contributed by atoms with Gasteiger partial charge in [0, 0.05) is 6.61 Å². The van der Waals surface area contributed by atoms with Crippen LogP contribution in [0.4, 0.5) is 0 Å². The highest BCUT2D eigenvalue weighted by Crippen LogP contribution is 2.10. The molecule has 0 unspecified atom stereocenters. The molecule has 0 fully saturated rings. The monoisotopic (exact) mass is 294 g/mol. The number of hydrogen-bond donors (Lipinski definition) is 1. The molecule has 0 aromatic carbocycles. The lowest BCUT2D eigenvalue weighted by molar-refractivity contribution is 0.282. The Morgan fingerprint density at radius 1 is 0.524 bits per heavy atom. The molecular weight excluding hydrogens is 256 g/mol. The third kappa shape index (κ3) is 19.4. The standard InChI is InChI=1S/C20H38O/c1-2-3-4-5-6-7-8-9-10-11-12-13-14-15-16-17-18-19-20-21/h2,9-10,21H,1,3-8,11-20H2. The number of rotatable bonds is 17. The van der Waals surface area contributed by atoms with Crippen molar-refractivity contribution in [1.82, 2.24) is 0 Å². The average Bonchev–Trinajstić information content (AvgIpc) is 2.50. The van der Waals surface area contributed by atoms with Gasteiger partial charge in [0.1, 0.15) is 0 Å². The molecule has 0 saturated carbocycles. The summed E-state index contributed by atoms with van der Waals surface area (Å²) >= 11 is 0. The summed E-state index contributed by atoms with van der Waals surface area (Å²) in [6.07, 6.45) is 26.2. The fourth-order valence-electron chi connectivity index (χ4n) is 2.57. The summed E-state index contributed by atoms with van der Waals surface area (Å²) in [7, 11) is 0. The van der Waals surface area contributed by atoms with Crippen molar-refractivity contribution in [1.29, 1.82) is 0 Å². The van der Waals surface area contributed by atoms with E-state index in [-0.39, 0.29) is 0 Å². The van der Waals surface area contributed by atoms with Crippen molar-refractivity contribution in [2.45, 2.75) is 96.3 Å². The van der Waals surface area contributed by atoms with Gasteiger partial charge >= 0.3 is 0 Å². The maximum Gasteiger partial charge on any atom is 0.0431 e. The lowest BCUT2D eigenvalue weighted by Crippen LogP contribution is -1.84. The van der Waals surface area contributed by atoms with Crippen LogP contribution in [0.15, 0.2) is 24.8 Å². The van der Waals surface area contributed by atoms with Crippen LogP contribution in [0.2, 0.25) is 0 Å². The van der Waals surface area contributed by atoms with Crippen molar-refractivity contribution in [3.8, 4) is 0 Å². The first-order valence-corrected chi connectivity index (χ1v) is 9.28. The molecule has 124 valence electrons. The summed E-state index contributed by atoms with van der Waals surface area (Å²) in [6, 6.07) is 0. The number of unbranched alkanes of at least 4 members (excludes halogenated alkanes) is 13. The smallest absolute Gasteiger partial charge is 0.0431 e. The first-order chi connectivity index (χ1) is 10.4. The molecule has 1 heteroatoms. The molecule has 0 aromatic rings. The average molecular weight is 295 g/mol. The minimum absolute atomic E-state index is 0.362. The highest BCUT2D eigenvalue weighted by Gasteiger charge is 1.91. The lowest BCUT2D eigenvalue weighted by Gasteiger charge is -2.00. The number of hydrogen-bond acceptors (Lipinski definition) is 1. The van der Waals surface area contributed by atoms with Crippen LogP contribution in [-0.4, -0.2) is 11.7 Å². The van der Waals surface area contributed by atoms with Gasteiger partial charge in [-0.2, -0.15) is 0 Å². The lowest BCUT2D eigenvalue weighted by atomic mass is 10.1. The summed E-state index contributed by atoms with van der Waals surface area (Å²) in [5.41, 5.74) is 0. The molecule has 0 amide bonds. The van der Waals surface area contributed by atoms with Gasteiger partial charge in [0.25, 0.3) is 0 Å². The number of allylic oxidation sites excluding steroid dienone is 3. The molecule has 0 aliphatic heterocycles. The molecule has 21 heavy (non-hydrogen) atoms. The number of aliphatic hydroxyl groups excluding tert-OH is 1. The van der Waals surface area contributed by atoms with Crippen LogP contribution in [0, 0.1) is 0 Å². The summed E-state index contributed by atoms with van der Waals surface area (Å²) in [6.45, 7) is 4.11. The van der Waals surface area contributed by atoms with Gasteiger partial charge in [-0.05, 0) is 44.9 Å².